The number of carbonyl (C=O) groups excluding carboxylic acids is 1. The molecule has 1 spiro atoms. The van der Waals surface area contributed by atoms with Gasteiger partial charge in [-0.3, -0.25) is 4.79 Å². The number of benzene rings is 1. The molecule has 1 heterocycles. The standard InChI is InChI=1S/C13H13F3N2O/c1-18-10-4-3-8(13(14,15)16)7-9(10)17-11(19)12(18)5-2-6-12/h3-4,7H,2,5-6H2,1H3,(H,17,19). The van der Waals surface area contributed by atoms with Gasteiger partial charge >= 0.3 is 6.18 Å². The van der Waals surface area contributed by atoms with Gasteiger partial charge in [-0.05, 0) is 37.5 Å². The highest BCUT2D eigenvalue weighted by Gasteiger charge is 2.51. The van der Waals surface area contributed by atoms with Gasteiger partial charge < -0.3 is 10.2 Å². The highest BCUT2D eigenvalue weighted by Crippen LogP contribution is 2.47. The number of nitrogens with zero attached hydrogens (tertiary/aromatic N) is 1. The quantitative estimate of drug-likeness (QED) is 0.786. The SMILES string of the molecule is CN1c2ccc(C(F)(F)F)cc2NC(=O)C12CCC2. The second kappa shape index (κ2) is 3.65. The number of nitrogens with one attached hydrogen (secondary N) is 1. The van der Waals surface area contributed by atoms with E-state index >= 15 is 0 Å². The third-order valence-electron chi connectivity index (χ3n) is 4.18. The van der Waals surface area contributed by atoms with Crippen molar-refractivity contribution in [2.45, 2.75) is 31.0 Å². The molecule has 3 rings (SSSR count). The van der Waals surface area contributed by atoms with E-state index in [1.54, 1.807) is 7.05 Å². The van der Waals surface area contributed by atoms with Gasteiger partial charge in [-0.25, -0.2) is 0 Å². The van der Waals surface area contributed by atoms with Crippen LogP contribution in [0.2, 0.25) is 0 Å². The number of alkyl halides is 3. The molecule has 102 valence electrons. The molecule has 1 aliphatic heterocycles. The monoisotopic (exact) mass is 270 g/mol. The smallest absolute Gasteiger partial charge is 0.359 e. The van der Waals surface area contributed by atoms with Crippen LogP contribution >= 0.6 is 0 Å². The van der Waals surface area contributed by atoms with Crippen molar-refractivity contribution < 1.29 is 18.0 Å². The molecule has 0 aromatic heterocycles. The molecule has 0 saturated heterocycles. The van der Waals surface area contributed by atoms with E-state index in [0.717, 1.165) is 31.4 Å². The molecule has 1 aromatic carbocycles. The van der Waals surface area contributed by atoms with E-state index < -0.39 is 17.3 Å². The molecule has 0 atom stereocenters. The second-order valence-corrected chi connectivity index (χ2v) is 5.13. The molecule has 0 bridgehead atoms. The van der Waals surface area contributed by atoms with Crippen molar-refractivity contribution in [2.24, 2.45) is 0 Å². The van der Waals surface area contributed by atoms with Crippen molar-refractivity contribution in [1.29, 1.82) is 0 Å². The number of fused-ring (bicyclic) bond motifs is 1. The minimum Gasteiger partial charge on any atom is -0.359 e. The lowest BCUT2D eigenvalue weighted by molar-refractivity contribution is -0.137. The highest BCUT2D eigenvalue weighted by atomic mass is 19.4. The molecule has 3 nitrogen and oxygen atoms in total. The zero-order valence-corrected chi connectivity index (χ0v) is 10.3. The molecule has 1 amide bonds. The summed E-state index contributed by atoms with van der Waals surface area (Å²) in [6.07, 6.45) is -1.94. The van der Waals surface area contributed by atoms with Crippen LogP contribution in [0.5, 0.6) is 0 Å². The Labute approximate surface area is 108 Å². The predicted molar refractivity (Wildman–Crippen MR) is 65.1 cm³/mol. The van der Waals surface area contributed by atoms with Crippen molar-refractivity contribution in [3.05, 3.63) is 23.8 Å². The molecule has 2 aliphatic rings. The molecular formula is C13H13F3N2O. The highest BCUT2D eigenvalue weighted by molar-refractivity contribution is 6.07. The van der Waals surface area contributed by atoms with Crippen LogP contribution in [0, 0.1) is 0 Å². The zero-order valence-electron chi connectivity index (χ0n) is 10.3. The predicted octanol–water partition coefficient (Wildman–Crippen LogP) is 3.02. The fourth-order valence-electron chi connectivity index (χ4n) is 2.80. The van der Waals surface area contributed by atoms with Crippen LogP contribution < -0.4 is 10.2 Å². The molecule has 19 heavy (non-hydrogen) atoms. The molecule has 1 aliphatic carbocycles. The number of hydrogen-bond donors (Lipinski definition) is 1. The van der Waals surface area contributed by atoms with Gasteiger partial charge in [0, 0.05) is 7.05 Å². The lowest BCUT2D eigenvalue weighted by atomic mass is 9.73. The minimum absolute atomic E-state index is 0.201. The maximum absolute atomic E-state index is 12.7. The number of rotatable bonds is 0. The molecule has 1 fully saturated rings. The Morgan fingerprint density at radius 3 is 2.53 bits per heavy atom. The topological polar surface area (TPSA) is 32.3 Å². The van der Waals surface area contributed by atoms with Crippen molar-refractivity contribution in [3.8, 4) is 0 Å². The third-order valence-corrected chi connectivity index (χ3v) is 4.18. The summed E-state index contributed by atoms with van der Waals surface area (Å²) in [6.45, 7) is 0. The van der Waals surface area contributed by atoms with Gasteiger partial charge in [0.15, 0.2) is 0 Å². The van der Waals surface area contributed by atoms with E-state index in [-0.39, 0.29) is 11.6 Å². The van der Waals surface area contributed by atoms with Gasteiger partial charge in [-0.15, -0.1) is 0 Å². The largest absolute Gasteiger partial charge is 0.416 e. The van der Waals surface area contributed by atoms with Crippen molar-refractivity contribution >= 4 is 17.3 Å². The van der Waals surface area contributed by atoms with Crippen LogP contribution in [0.3, 0.4) is 0 Å². The molecule has 1 saturated carbocycles. The van der Waals surface area contributed by atoms with Gasteiger partial charge in [0.2, 0.25) is 5.91 Å². The Bertz CT molecular complexity index is 549. The molecule has 0 radical (unpaired) electrons. The summed E-state index contributed by atoms with van der Waals surface area (Å²) in [7, 11) is 1.77. The minimum atomic E-state index is -4.40. The van der Waals surface area contributed by atoms with E-state index in [1.165, 1.54) is 6.07 Å². The van der Waals surface area contributed by atoms with Gasteiger partial charge in [0.1, 0.15) is 5.54 Å². The maximum atomic E-state index is 12.7. The summed E-state index contributed by atoms with van der Waals surface area (Å²) >= 11 is 0. The average Bonchev–Trinajstić information content (AvgIpc) is 2.25. The van der Waals surface area contributed by atoms with Gasteiger partial charge in [-0.2, -0.15) is 13.2 Å². The van der Waals surface area contributed by atoms with Crippen LogP contribution in [0.15, 0.2) is 18.2 Å². The Hall–Kier alpha value is -1.72. The summed E-state index contributed by atoms with van der Waals surface area (Å²) in [5.41, 5.74) is -0.427. The molecular weight excluding hydrogens is 257 g/mol. The fraction of sp³-hybridized carbons (Fsp3) is 0.462. The summed E-state index contributed by atoms with van der Waals surface area (Å²) in [4.78, 5) is 13.9. The summed E-state index contributed by atoms with van der Waals surface area (Å²) < 4.78 is 38.0. The first-order valence-electron chi connectivity index (χ1n) is 6.11. The summed E-state index contributed by atoms with van der Waals surface area (Å²) in [5, 5.41) is 2.61. The summed E-state index contributed by atoms with van der Waals surface area (Å²) in [6, 6.07) is 3.48. The normalized spacial score (nSPS) is 20.8. The Morgan fingerprint density at radius 2 is 2.00 bits per heavy atom. The van der Waals surface area contributed by atoms with E-state index in [4.69, 9.17) is 0 Å². The molecule has 1 aromatic rings. The first-order valence-corrected chi connectivity index (χ1v) is 6.11. The van der Waals surface area contributed by atoms with Gasteiger partial charge in [-0.1, -0.05) is 0 Å². The van der Waals surface area contributed by atoms with Crippen molar-refractivity contribution in [1.82, 2.24) is 0 Å². The van der Waals surface area contributed by atoms with Crippen molar-refractivity contribution in [2.75, 3.05) is 17.3 Å². The Morgan fingerprint density at radius 1 is 1.32 bits per heavy atom. The number of halogens is 3. The maximum Gasteiger partial charge on any atom is 0.416 e. The number of hydrogen-bond acceptors (Lipinski definition) is 2. The zero-order chi connectivity index (χ0) is 13.8. The lowest BCUT2D eigenvalue weighted by Crippen LogP contribution is -2.62. The molecule has 6 heteroatoms. The van der Waals surface area contributed by atoms with E-state index in [2.05, 4.69) is 5.32 Å². The number of likely N-dealkylation sites (N-methyl/N-ethyl adjacent to an activating group) is 1. The fourth-order valence-corrected chi connectivity index (χ4v) is 2.80. The lowest BCUT2D eigenvalue weighted by Gasteiger charge is -2.51. The van der Waals surface area contributed by atoms with Crippen LogP contribution in [0.4, 0.5) is 24.5 Å². The molecule has 0 unspecified atom stereocenters. The number of carbonyl (C=O) groups is 1. The van der Waals surface area contributed by atoms with E-state index in [1.807, 2.05) is 4.90 Å². The third kappa shape index (κ3) is 1.62. The average molecular weight is 270 g/mol. The van der Waals surface area contributed by atoms with Crippen LogP contribution in [-0.4, -0.2) is 18.5 Å². The summed E-state index contributed by atoms with van der Waals surface area (Å²) in [5.74, 6) is -0.201. The van der Waals surface area contributed by atoms with Crippen molar-refractivity contribution in [3.63, 3.8) is 0 Å². The number of anilines is 2. The number of amides is 1. The van der Waals surface area contributed by atoms with E-state index in [0.29, 0.717) is 5.69 Å². The second-order valence-electron chi connectivity index (χ2n) is 5.13. The molecule has 1 N–H and O–H groups in total. The van der Waals surface area contributed by atoms with Crippen LogP contribution in [0.1, 0.15) is 24.8 Å². The van der Waals surface area contributed by atoms with Gasteiger partial charge in [0.25, 0.3) is 0 Å². The Balaban J connectivity index is 2.05. The van der Waals surface area contributed by atoms with Crippen LogP contribution in [-0.2, 0) is 11.0 Å². The van der Waals surface area contributed by atoms with Crippen LogP contribution in [0.25, 0.3) is 0 Å². The first kappa shape index (κ1) is 12.3. The van der Waals surface area contributed by atoms with Gasteiger partial charge in [0.05, 0.1) is 16.9 Å². The Kier molecular flexibility index (Phi) is 2.37. The first-order chi connectivity index (χ1) is 8.84. The van der Waals surface area contributed by atoms with E-state index in [9.17, 15) is 18.0 Å².